The smallest absolute Gasteiger partial charge is 0.279 e. The normalized spacial score (nSPS) is 16.0. The number of carbonyl (C=O) groups is 2. The summed E-state index contributed by atoms with van der Waals surface area (Å²) >= 11 is 1.47. The summed E-state index contributed by atoms with van der Waals surface area (Å²) in [5, 5.41) is 4.32. The lowest BCUT2D eigenvalue weighted by Crippen LogP contribution is -2.44. The first-order valence-corrected chi connectivity index (χ1v) is 9.82. The van der Waals surface area contributed by atoms with E-state index in [4.69, 9.17) is 0 Å². The lowest BCUT2D eigenvalue weighted by atomic mass is 9.90. The summed E-state index contributed by atoms with van der Waals surface area (Å²) in [7, 11) is 1.68. The van der Waals surface area contributed by atoms with Gasteiger partial charge in [-0.1, -0.05) is 6.92 Å². The van der Waals surface area contributed by atoms with Crippen molar-refractivity contribution in [3.63, 3.8) is 0 Å². The Bertz CT molecular complexity index is 1130. The van der Waals surface area contributed by atoms with E-state index in [-0.39, 0.29) is 18.0 Å². The van der Waals surface area contributed by atoms with Gasteiger partial charge < -0.3 is 0 Å². The van der Waals surface area contributed by atoms with E-state index in [1.54, 1.807) is 7.05 Å². The van der Waals surface area contributed by atoms with Gasteiger partial charge in [0.15, 0.2) is 5.65 Å². The Morgan fingerprint density at radius 1 is 1.36 bits per heavy atom. The molecule has 3 heterocycles. The minimum absolute atomic E-state index is 0.255. The van der Waals surface area contributed by atoms with Gasteiger partial charge in [-0.2, -0.15) is 5.10 Å². The standard InChI is InChI=1S/C18H20N6O3S/c1-10-3-4-13-11(5-10)6-14(28-13)17(26)22-21-15(25)8-24-9-19-16-12(18(24)27)7-20-23(16)2/h6-7,9-10H,3-5,8H2,1-2H3,(H,21,25)(H,22,26). The maximum absolute atomic E-state index is 12.4. The molecule has 0 bridgehead atoms. The second-order valence-corrected chi connectivity index (χ2v) is 8.23. The molecule has 0 fully saturated rings. The van der Waals surface area contributed by atoms with E-state index >= 15 is 0 Å². The Hall–Kier alpha value is -3.01. The molecule has 0 spiro atoms. The summed E-state index contributed by atoms with van der Waals surface area (Å²) in [6, 6.07) is 1.90. The molecule has 1 aliphatic rings. The number of hydrogen-bond acceptors (Lipinski definition) is 6. The van der Waals surface area contributed by atoms with Gasteiger partial charge >= 0.3 is 0 Å². The summed E-state index contributed by atoms with van der Waals surface area (Å²) in [5.74, 6) is -0.245. The number of nitrogens with zero attached hydrogens (tertiary/aromatic N) is 4. The first-order valence-electron chi connectivity index (χ1n) is 9.00. The van der Waals surface area contributed by atoms with Gasteiger partial charge in [0.25, 0.3) is 17.4 Å². The molecule has 0 radical (unpaired) electrons. The molecule has 10 heteroatoms. The molecule has 1 unspecified atom stereocenters. The Morgan fingerprint density at radius 3 is 3.00 bits per heavy atom. The minimum atomic E-state index is -0.518. The second-order valence-electron chi connectivity index (χ2n) is 7.09. The molecule has 3 aromatic heterocycles. The van der Waals surface area contributed by atoms with Crippen molar-refractivity contribution in [1.29, 1.82) is 0 Å². The molecule has 1 atom stereocenters. The number of fused-ring (bicyclic) bond motifs is 2. The predicted octanol–water partition coefficient (Wildman–Crippen LogP) is 0.777. The van der Waals surface area contributed by atoms with Crippen molar-refractivity contribution in [2.45, 2.75) is 32.7 Å². The molecule has 3 aromatic rings. The van der Waals surface area contributed by atoms with Crippen LogP contribution in [0.3, 0.4) is 0 Å². The average molecular weight is 400 g/mol. The molecule has 2 N–H and O–H groups in total. The van der Waals surface area contributed by atoms with Crippen LogP contribution in [0.5, 0.6) is 0 Å². The second kappa shape index (κ2) is 7.19. The van der Waals surface area contributed by atoms with Gasteiger partial charge in [-0.3, -0.25) is 34.5 Å². The molecule has 0 aliphatic heterocycles. The molecular weight excluding hydrogens is 380 g/mol. The van der Waals surface area contributed by atoms with Crippen molar-refractivity contribution in [3.8, 4) is 0 Å². The van der Waals surface area contributed by atoms with E-state index < -0.39 is 5.91 Å². The number of aryl methyl sites for hydroxylation is 2. The molecule has 146 valence electrons. The van der Waals surface area contributed by atoms with Gasteiger partial charge in [0, 0.05) is 11.9 Å². The highest BCUT2D eigenvalue weighted by Gasteiger charge is 2.21. The van der Waals surface area contributed by atoms with Gasteiger partial charge in [0.05, 0.1) is 11.1 Å². The van der Waals surface area contributed by atoms with Crippen molar-refractivity contribution in [2.75, 3.05) is 0 Å². The summed E-state index contributed by atoms with van der Waals surface area (Å²) in [6.45, 7) is 1.95. The van der Waals surface area contributed by atoms with Crippen LogP contribution >= 0.6 is 11.3 Å². The number of amides is 2. The largest absolute Gasteiger partial charge is 0.289 e. The van der Waals surface area contributed by atoms with E-state index in [1.807, 2.05) is 6.07 Å². The van der Waals surface area contributed by atoms with Crippen LogP contribution in [0.15, 0.2) is 23.4 Å². The van der Waals surface area contributed by atoms with Gasteiger partial charge in [-0.05, 0) is 36.8 Å². The van der Waals surface area contributed by atoms with E-state index in [1.165, 1.54) is 43.6 Å². The molecule has 1 aliphatic carbocycles. The number of hydrazine groups is 1. The molecule has 4 rings (SSSR count). The fourth-order valence-electron chi connectivity index (χ4n) is 3.38. The van der Waals surface area contributed by atoms with Crippen molar-refractivity contribution in [3.05, 3.63) is 44.3 Å². The predicted molar refractivity (Wildman–Crippen MR) is 104 cm³/mol. The van der Waals surface area contributed by atoms with Crippen LogP contribution in [-0.4, -0.2) is 31.1 Å². The monoisotopic (exact) mass is 400 g/mol. The lowest BCUT2D eigenvalue weighted by Gasteiger charge is -2.16. The highest BCUT2D eigenvalue weighted by molar-refractivity contribution is 7.14. The van der Waals surface area contributed by atoms with Gasteiger partial charge in [0.2, 0.25) is 0 Å². The first kappa shape index (κ1) is 18.4. The molecule has 9 nitrogen and oxygen atoms in total. The number of thiophene rings is 1. The summed E-state index contributed by atoms with van der Waals surface area (Å²) < 4.78 is 2.67. The molecule has 0 saturated heterocycles. The van der Waals surface area contributed by atoms with Crippen LogP contribution in [0.4, 0.5) is 0 Å². The number of aromatic nitrogens is 4. The Morgan fingerprint density at radius 2 is 2.18 bits per heavy atom. The summed E-state index contributed by atoms with van der Waals surface area (Å²) in [4.78, 5) is 42.8. The third kappa shape index (κ3) is 3.42. The topological polar surface area (TPSA) is 111 Å². The SMILES string of the molecule is CC1CCc2sc(C(=O)NNC(=O)Cn3cnc4c(cnn4C)c3=O)cc2C1. The zero-order chi connectivity index (χ0) is 19.8. The quantitative estimate of drug-likeness (QED) is 0.631. The van der Waals surface area contributed by atoms with Crippen LogP contribution in [0.25, 0.3) is 11.0 Å². The molecule has 28 heavy (non-hydrogen) atoms. The van der Waals surface area contributed by atoms with Crippen LogP contribution in [0, 0.1) is 5.92 Å². The van der Waals surface area contributed by atoms with E-state index in [9.17, 15) is 14.4 Å². The molecular formula is C18H20N6O3S. The summed E-state index contributed by atoms with van der Waals surface area (Å²) in [6.07, 6.45) is 5.82. The lowest BCUT2D eigenvalue weighted by molar-refractivity contribution is -0.122. The van der Waals surface area contributed by atoms with Gasteiger partial charge in [-0.15, -0.1) is 11.3 Å². The number of rotatable bonds is 3. The highest BCUT2D eigenvalue weighted by Crippen LogP contribution is 2.32. The van der Waals surface area contributed by atoms with Crippen molar-refractivity contribution < 1.29 is 9.59 Å². The van der Waals surface area contributed by atoms with Crippen molar-refractivity contribution in [2.24, 2.45) is 13.0 Å². The highest BCUT2D eigenvalue weighted by atomic mass is 32.1. The zero-order valence-corrected chi connectivity index (χ0v) is 16.4. The zero-order valence-electron chi connectivity index (χ0n) is 15.6. The number of hydrogen-bond donors (Lipinski definition) is 2. The van der Waals surface area contributed by atoms with Gasteiger partial charge in [0.1, 0.15) is 18.3 Å². The first-order chi connectivity index (χ1) is 13.4. The fraction of sp³-hybridized carbons (Fsp3) is 0.389. The molecule has 0 aromatic carbocycles. The number of nitrogens with one attached hydrogen (secondary N) is 2. The van der Waals surface area contributed by atoms with Gasteiger partial charge in [-0.25, -0.2) is 4.98 Å². The third-order valence-electron chi connectivity index (χ3n) is 4.90. The summed E-state index contributed by atoms with van der Waals surface area (Å²) in [5.41, 5.74) is 6.09. The number of carbonyl (C=O) groups excluding carboxylic acids is 2. The van der Waals surface area contributed by atoms with Crippen LogP contribution in [0.1, 0.15) is 33.5 Å². The maximum Gasteiger partial charge on any atom is 0.279 e. The third-order valence-corrected chi connectivity index (χ3v) is 6.14. The Kier molecular flexibility index (Phi) is 4.71. The fourth-order valence-corrected chi connectivity index (χ4v) is 4.48. The van der Waals surface area contributed by atoms with E-state index in [0.29, 0.717) is 21.8 Å². The van der Waals surface area contributed by atoms with E-state index in [2.05, 4.69) is 27.9 Å². The van der Waals surface area contributed by atoms with Crippen LogP contribution in [-0.2, 0) is 31.2 Å². The van der Waals surface area contributed by atoms with Crippen molar-refractivity contribution >= 4 is 34.2 Å². The van der Waals surface area contributed by atoms with Crippen LogP contribution < -0.4 is 16.4 Å². The maximum atomic E-state index is 12.4. The van der Waals surface area contributed by atoms with Crippen LogP contribution in [0.2, 0.25) is 0 Å². The van der Waals surface area contributed by atoms with E-state index in [0.717, 1.165) is 19.3 Å². The van der Waals surface area contributed by atoms with Crippen molar-refractivity contribution in [1.82, 2.24) is 30.2 Å². The average Bonchev–Trinajstić information content (AvgIpc) is 3.26. The Balaban J connectivity index is 1.39. The molecule has 0 saturated carbocycles. The Labute approximate surface area is 164 Å². The minimum Gasteiger partial charge on any atom is -0.289 e. The molecule has 2 amide bonds.